The van der Waals surface area contributed by atoms with Gasteiger partial charge >= 0.3 is 0 Å². The molecule has 1 saturated heterocycles. The molecular weight excluding hydrogens is 410 g/mol. The smallest absolute Gasteiger partial charge is 0.0814 e. The lowest BCUT2D eigenvalue weighted by atomic mass is 9.69. The monoisotopic (exact) mass is 469 g/mol. The first kappa shape index (κ1) is 30.8. The van der Waals surface area contributed by atoms with Crippen LogP contribution in [0.3, 0.4) is 0 Å². The molecule has 3 unspecified atom stereocenters. The molecule has 198 valence electrons. The Morgan fingerprint density at radius 2 is 1.15 bits per heavy atom. The third-order valence-electron chi connectivity index (χ3n) is 9.15. The van der Waals surface area contributed by atoms with Gasteiger partial charge in [-0.15, -0.1) is 0 Å². The van der Waals surface area contributed by atoms with E-state index in [1.165, 1.54) is 6.42 Å². The van der Waals surface area contributed by atoms with Crippen molar-refractivity contribution in [3.63, 3.8) is 0 Å². The van der Waals surface area contributed by atoms with Crippen LogP contribution >= 0.6 is 0 Å². The maximum Gasteiger partial charge on any atom is 0.0814 e. The van der Waals surface area contributed by atoms with Crippen LogP contribution in [0.2, 0.25) is 0 Å². The van der Waals surface area contributed by atoms with Gasteiger partial charge in [0.2, 0.25) is 0 Å². The van der Waals surface area contributed by atoms with Crippen LogP contribution in [0.15, 0.2) is 0 Å². The van der Waals surface area contributed by atoms with E-state index >= 15 is 0 Å². The standard InChI is InChI=1S/C28H59N3O2/c1-21(2)22(3)18-26(8,9)28(12,13)32-19-23(4)30-14-16-31(17-15-30)24(29)20-33-27(10,11)25(5,6)7/h21-24H,14-20,29H2,1-13H3. The molecule has 0 aromatic rings. The average molecular weight is 470 g/mol. The van der Waals surface area contributed by atoms with E-state index in [4.69, 9.17) is 15.2 Å². The van der Waals surface area contributed by atoms with E-state index in [0.29, 0.717) is 24.5 Å². The second-order valence-corrected chi connectivity index (χ2v) is 13.7. The summed E-state index contributed by atoms with van der Waals surface area (Å²) >= 11 is 0. The van der Waals surface area contributed by atoms with Crippen LogP contribution in [0.4, 0.5) is 0 Å². The first-order valence-corrected chi connectivity index (χ1v) is 13.3. The molecule has 5 nitrogen and oxygen atoms in total. The molecule has 1 aliphatic heterocycles. The van der Waals surface area contributed by atoms with Crippen LogP contribution in [0.1, 0.15) is 96.4 Å². The zero-order chi connectivity index (χ0) is 25.8. The number of nitrogens with two attached hydrogens (primary N) is 1. The first-order valence-electron chi connectivity index (χ1n) is 13.3. The maximum atomic E-state index is 6.57. The Kier molecular flexibility index (Phi) is 10.9. The Morgan fingerprint density at radius 1 is 0.697 bits per heavy atom. The van der Waals surface area contributed by atoms with E-state index in [0.717, 1.165) is 32.8 Å². The lowest BCUT2D eigenvalue weighted by Gasteiger charge is -2.46. The molecule has 0 saturated carbocycles. The summed E-state index contributed by atoms with van der Waals surface area (Å²) in [4.78, 5) is 4.91. The molecule has 33 heavy (non-hydrogen) atoms. The van der Waals surface area contributed by atoms with Gasteiger partial charge < -0.3 is 15.2 Å². The van der Waals surface area contributed by atoms with E-state index in [2.05, 4.69) is 99.8 Å². The summed E-state index contributed by atoms with van der Waals surface area (Å²) in [5.74, 6) is 1.39. The molecule has 0 amide bonds. The molecule has 1 rings (SSSR count). The third-order valence-corrected chi connectivity index (χ3v) is 9.15. The van der Waals surface area contributed by atoms with Crippen LogP contribution in [-0.2, 0) is 9.47 Å². The van der Waals surface area contributed by atoms with Gasteiger partial charge in [0.05, 0.1) is 30.6 Å². The fourth-order valence-electron chi connectivity index (χ4n) is 4.04. The highest BCUT2D eigenvalue weighted by Crippen LogP contribution is 2.41. The van der Waals surface area contributed by atoms with Crippen molar-refractivity contribution in [2.24, 2.45) is 28.4 Å². The lowest BCUT2D eigenvalue weighted by Crippen LogP contribution is -2.58. The molecule has 3 atom stereocenters. The molecular formula is C28H59N3O2. The molecule has 5 heteroatoms. The van der Waals surface area contributed by atoms with Gasteiger partial charge in [0.25, 0.3) is 0 Å². The SMILES string of the molecule is CC(C)C(C)CC(C)(C)C(C)(C)OCC(C)N1CCN(C(N)COC(C)(C)C(C)(C)C)CC1. The predicted octanol–water partition coefficient (Wildman–Crippen LogP) is 5.62. The van der Waals surface area contributed by atoms with E-state index in [9.17, 15) is 0 Å². The summed E-state index contributed by atoms with van der Waals surface area (Å²) in [7, 11) is 0. The molecule has 0 aromatic heterocycles. The van der Waals surface area contributed by atoms with E-state index in [1.54, 1.807) is 0 Å². The third kappa shape index (κ3) is 8.75. The summed E-state index contributed by atoms with van der Waals surface area (Å²) in [6, 6.07) is 0.400. The molecule has 2 N–H and O–H groups in total. The van der Waals surface area contributed by atoms with Crippen molar-refractivity contribution in [2.75, 3.05) is 39.4 Å². The normalized spacial score (nSPS) is 20.8. The van der Waals surface area contributed by atoms with Gasteiger partial charge in [0.15, 0.2) is 0 Å². The predicted molar refractivity (Wildman–Crippen MR) is 143 cm³/mol. The van der Waals surface area contributed by atoms with Crippen molar-refractivity contribution >= 4 is 0 Å². The number of piperazine rings is 1. The van der Waals surface area contributed by atoms with Crippen molar-refractivity contribution in [1.29, 1.82) is 0 Å². The van der Waals surface area contributed by atoms with Crippen LogP contribution in [0.5, 0.6) is 0 Å². The van der Waals surface area contributed by atoms with E-state index in [1.807, 2.05) is 0 Å². The lowest BCUT2D eigenvalue weighted by molar-refractivity contribution is -0.124. The highest BCUT2D eigenvalue weighted by Gasteiger charge is 2.40. The highest BCUT2D eigenvalue weighted by molar-refractivity contribution is 4.90. The van der Waals surface area contributed by atoms with Crippen molar-refractivity contribution in [3.8, 4) is 0 Å². The van der Waals surface area contributed by atoms with Gasteiger partial charge in [-0.3, -0.25) is 9.80 Å². The van der Waals surface area contributed by atoms with Gasteiger partial charge in [0.1, 0.15) is 0 Å². The Balaban J connectivity index is 2.51. The topological polar surface area (TPSA) is 51.0 Å². The zero-order valence-corrected chi connectivity index (χ0v) is 24.5. The first-order chi connectivity index (χ1) is 14.8. The molecule has 0 aromatic carbocycles. The Labute approximate surface area is 207 Å². The van der Waals surface area contributed by atoms with Crippen LogP contribution < -0.4 is 5.73 Å². The van der Waals surface area contributed by atoms with Crippen molar-refractivity contribution in [3.05, 3.63) is 0 Å². The minimum atomic E-state index is -0.203. The second-order valence-electron chi connectivity index (χ2n) is 13.7. The summed E-state index contributed by atoms with van der Waals surface area (Å²) < 4.78 is 12.8. The van der Waals surface area contributed by atoms with Gasteiger partial charge in [-0.2, -0.15) is 0 Å². The highest BCUT2D eigenvalue weighted by atomic mass is 16.5. The van der Waals surface area contributed by atoms with E-state index < -0.39 is 0 Å². The number of hydrogen-bond acceptors (Lipinski definition) is 5. The van der Waals surface area contributed by atoms with Gasteiger partial charge in [-0.05, 0) is 63.7 Å². The van der Waals surface area contributed by atoms with Gasteiger partial charge in [-0.1, -0.05) is 55.4 Å². The zero-order valence-electron chi connectivity index (χ0n) is 24.5. The summed E-state index contributed by atoms with van der Waals surface area (Å²) in [5.41, 5.74) is 6.35. The fourth-order valence-corrected chi connectivity index (χ4v) is 4.04. The second kappa shape index (κ2) is 11.7. The number of nitrogens with zero attached hydrogens (tertiary/aromatic N) is 2. The minimum absolute atomic E-state index is 0.0528. The Hall–Kier alpha value is -0.200. The molecule has 0 radical (unpaired) electrons. The maximum absolute atomic E-state index is 6.57. The molecule has 1 fully saturated rings. The Morgan fingerprint density at radius 3 is 1.61 bits per heavy atom. The molecule has 1 heterocycles. The number of rotatable bonds is 12. The van der Waals surface area contributed by atoms with Crippen LogP contribution in [0, 0.1) is 22.7 Å². The number of ether oxygens (including phenoxy) is 2. The minimum Gasteiger partial charge on any atom is -0.373 e. The number of hydrogen-bond donors (Lipinski definition) is 1. The van der Waals surface area contributed by atoms with E-state index in [-0.39, 0.29) is 28.2 Å². The van der Waals surface area contributed by atoms with Crippen LogP contribution in [-0.4, -0.2) is 72.6 Å². The summed E-state index contributed by atoms with van der Waals surface area (Å²) in [6.45, 7) is 34.9. The molecule has 1 aliphatic rings. The summed E-state index contributed by atoms with van der Waals surface area (Å²) in [5, 5.41) is 0. The summed E-state index contributed by atoms with van der Waals surface area (Å²) in [6.07, 6.45) is 1.12. The average Bonchev–Trinajstić information content (AvgIpc) is 2.69. The van der Waals surface area contributed by atoms with Crippen molar-refractivity contribution in [2.45, 2.75) is 120 Å². The largest absolute Gasteiger partial charge is 0.373 e. The molecule has 0 spiro atoms. The quantitative estimate of drug-likeness (QED) is 0.402. The van der Waals surface area contributed by atoms with Crippen molar-refractivity contribution in [1.82, 2.24) is 9.80 Å². The Bertz CT molecular complexity index is 572. The molecule has 0 bridgehead atoms. The van der Waals surface area contributed by atoms with Crippen molar-refractivity contribution < 1.29 is 9.47 Å². The van der Waals surface area contributed by atoms with Crippen LogP contribution in [0.25, 0.3) is 0 Å². The van der Waals surface area contributed by atoms with Gasteiger partial charge in [0, 0.05) is 32.2 Å². The van der Waals surface area contributed by atoms with Gasteiger partial charge in [-0.25, -0.2) is 0 Å². The molecule has 0 aliphatic carbocycles. The fraction of sp³-hybridized carbons (Fsp3) is 1.00.